The fraction of sp³-hybridized carbons (Fsp3) is 0.417. The van der Waals surface area contributed by atoms with Gasteiger partial charge in [0.1, 0.15) is 0 Å². The Labute approximate surface area is 99.4 Å². The van der Waals surface area contributed by atoms with E-state index in [4.69, 9.17) is 23.2 Å². The summed E-state index contributed by atoms with van der Waals surface area (Å²) in [4.78, 5) is 11.3. The van der Waals surface area contributed by atoms with Crippen LogP contribution in [0.15, 0.2) is 24.3 Å². The molecule has 0 aliphatic heterocycles. The van der Waals surface area contributed by atoms with Crippen LogP contribution in [0.5, 0.6) is 0 Å². The van der Waals surface area contributed by atoms with E-state index in [1.807, 2.05) is 38.1 Å². The molecular weight excluding hydrogens is 231 g/mol. The van der Waals surface area contributed by atoms with Gasteiger partial charge in [0.05, 0.1) is 0 Å². The van der Waals surface area contributed by atoms with Crippen molar-refractivity contribution in [3.63, 3.8) is 0 Å². The van der Waals surface area contributed by atoms with E-state index in [1.165, 1.54) is 5.56 Å². The average Bonchev–Trinajstić information content (AvgIpc) is 2.18. The SMILES string of the molecule is Cc1ccc([C@]2(C)CC(=O)C2(Cl)Cl)cc1. The molecule has 1 aliphatic carbocycles. The first-order valence-electron chi connectivity index (χ1n) is 4.86. The van der Waals surface area contributed by atoms with E-state index in [2.05, 4.69) is 0 Å². The largest absolute Gasteiger partial charge is 0.296 e. The van der Waals surface area contributed by atoms with Crippen molar-refractivity contribution in [2.75, 3.05) is 0 Å². The molecular formula is C12H12Cl2O. The van der Waals surface area contributed by atoms with Crippen LogP contribution in [0.25, 0.3) is 0 Å². The van der Waals surface area contributed by atoms with E-state index in [-0.39, 0.29) is 5.78 Å². The molecule has 1 aliphatic rings. The highest BCUT2D eigenvalue weighted by molar-refractivity contribution is 6.61. The van der Waals surface area contributed by atoms with Crippen molar-refractivity contribution in [3.05, 3.63) is 35.4 Å². The number of hydrogen-bond donors (Lipinski definition) is 0. The molecule has 1 fully saturated rings. The summed E-state index contributed by atoms with van der Waals surface area (Å²) in [5, 5.41) is 0. The van der Waals surface area contributed by atoms with Crippen molar-refractivity contribution in [2.45, 2.75) is 30.0 Å². The fourth-order valence-electron chi connectivity index (χ4n) is 1.95. The predicted octanol–water partition coefficient (Wildman–Crippen LogP) is 3.40. The van der Waals surface area contributed by atoms with Crippen LogP contribution in [0, 0.1) is 6.92 Å². The van der Waals surface area contributed by atoms with Crippen molar-refractivity contribution < 1.29 is 4.79 Å². The van der Waals surface area contributed by atoms with Crippen LogP contribution < -0.4 is 0 Å². The molecule has 0 bridgehead atoms. The van der Waals surface area contributed by atoms with Gasteiger partial charge in [0.2, 0.25) is 0 Å². The number of carbonyl (C=O) groups excluding carboxylic acids is 1. The minimum atomic E-state index is -1.26. The maximum absolute atomic E-state index is 11.3. The van der Waals surface area contributed by atoms with Gasteiger partial charge in [0.15, 0.2) is 10.1 Å². The minimum Gasteiger partial charge on any atom is -0.296 e. The lowest BCUT2D eigenvalue weighted by Gasteiger charge is -2.48. The van der Waals surface area contributed by atoms with Gasteiger partial charge >= 0.3 is 0 Å². The van der Waals surface area contributed by atoms with E-state index in [0.29, 0.717) is 6.42 Å². The summed E-state index contributed by atoms with van der Waals surface area (Å²) in [7, 11) is 0. The number of rotatable bonds is 1. The highest BCUT2D eigenvalue weighted by Gasteiger charge is 2.62. The lowest BCUT2D eigenvalue weighted by Crippen LogP contribution is -2.59. The number of hydrogen-bond acceptors (Lipinski definition) is 1. The highest BCUT2D eigenvalue weighted by atomic mass is 35.5. The summed E-state index contributed by atoms with van der Waals surface area (Å²) in [6.45, 7) is 3.95. The molecule has 0 radical (unpaired) electrons. The van der Waals surface area contributed by atoms with Gasteiger partial charge in [-0.15, -0.1) is 0 Å². The summed E-state index contributed by atoms with van der Waals surface area (Å²) < 4.78 is -1.26. The van der Waals surface area contributed by atoms with Crippen LogP contribution in [0.1, 0.15) is 24.5 Å². The summed E-state index contributed by atoms with van der Waals surface area (Å²) in [5.41, 5.74) is 1.77. The lowest BCUT2D eigenvalue weighted by atomic mass is 9.64. The van der Waals surface area contributed by atoms with Crippen LogP contribution in [0.4, 0.5) is 0 Å². The van der Waals surface area contributed by atoms with Crippen molar-refractivity contribution >= 4 is 29.0 Å². The Morgan fingerprint density at radius 2 is 1.73 bits per heavy atom. The summed E-state index contributed by atoms with van der Waals surface area (Å²) >= 11 is 12.1. The molecule has 0 saturated heterocycles. The third-order valence-electron chi connectivity index (χ3n) is 3.25. The summed E-state index contributed by atoms with van der Waals surface area (Å²) in [6, 6.07) is 7.99. The molecule has 0 amide bonds. The maximum Gasteiger partial charge on any atom is 0.185 e. The van der Waals surface area contributed by atoms with Gasteiger partial charge in [-0.05, 0) is 12.5 Å². The molecule has 3 heteroatoms. The zero-order valence-corrected chi connectivity index (χ0v) is 10.2. The van der Waals surface area contributed by atoms with Gasteiger partial charge in [-0.1, -0.05) is 60.0 Å². The normalized spacial score (nSPS) is 28.7. The van der Waals surface area contributed by atoms with Crippen LogP contribution in [0.2, 0.25) is 0 Å². The van der Waals surface area contributed by atoms with Crippen molar-refractivity contribution in [3.8, 4) is 0 Å². The van der Waals surface area contributed by atoms with Gasteiger partial charge in [-0.25, -0.2) is 0 Å². The summed E-state index contributed by atoms with van der Waals surface area (Å²) in [6.07, 6.45) is 0.420. The smallest absolute Gasteiger partial charge is 0.185 e. The molecule has 0 unspecified atom stereocenters. The predicted molar refractivity (Wildman–Crippen MR) is 62.6 cm³/mol. The van der Waals surface area contributed by atoms with Gasteiger partial charge in [0, 0.05) is 11.8 Å². The highest BCUT2D eigenvalue weighted by Crippen LogP contribution is 2.55. The van der Waals surface area contributed by atoms with Crippen molar-refractivity contribution in [1.82, 2.24) is 0 Å². The van der Waals surface area contributed by atoms with Gasteiger partial charge < -0.3 is 0 Å². The number of halogens is 2. The van der Waals surface area contributed by atoms with Gasteiger partial charge in [0.25, 0.3) is 0 Å². The molecule has 1 nitrogen and oxygen atoms in total. The number of alkyl halides is 2. The fourth-order valence-corrected chi connectivity index (χ4v) is 2.43. The maximum atomic E-state index is 11.3. The third kappa shape index (κ3) is 1.41. The molecule has 0 spiro atoms. The molecule has 1 saturated carbocycles. The van der Waals surface area contributed by atoms with Gasteiger partial charge in [-0.3, -0.25) is 4.79 Å². The van der Waals surface area contributed by atoms with E-state index in [0.717, 1.165) is 5.56 Å². The molecule has 0 heterocycles. The number of ketones is 1. The third-order valence-corrected chi connectivity index (χ3v) is 4.50. The Kier molecular flexibility index (Phi) is 2.36. The van der Waals surface area contributed by atoms with E-state index in [9.17, 15) is 4.79 Å². The number of benzene rings is 1. The van der Waals surface area contributed by atoms with Crippen molar-refractivity contribution in [1.29, 1.82) is 0 Å². The molecule has 15 heavy (non-hydrogen) atoms. The van der Waals surface area contributed by atoms with E-state index < -0.39 is 9.75 Å². The first-order chi connectivity index (χ1) is 6.88. The van der Waals surface area contributed by atoms with E-state index in [1.54, 1.807) is 0 Å². The van der Waals surface area contributed by atoms with Crippen LogP contribution in [-0.2, 0) is 10.2 Å². The van der Waals surface area contributed by atoms with Gasteiger partial charge in [-0.2, -0.15) is 0 Å². The standard InChI is InChI=1S/C12H12Cl2O/c1-8-3-5-9(6-4-8)11(2)7-10(15)12(11,13)14/h3-6H,7H2,1-2H3/t11-/m0/s1. The number of Topliss-reactive ketones (excluding diaryl/α,β-unsaturated/α-hetero) is 1. The molecule has 80 valence electrons. The second-order valence-corrected chi connectivity index (χ2v) is 5.70. The molecule has 0 aromatic heterocycles. The topological polar surface area (TPSA) is 17.1 Å². The lowest BCUT2D eigenvalue weighted by molar-refractivity contribution is -0.129. The first kappa shape index (κ1) is 11.0. The Balaban J connectivity index is 2.40. The van der Waals surface area contributed by atoms with E-state index >= 15 is 0 Å². The molecule has 1 aromatic rings. The zero-order valence-electron chi connectivity index (χ0n) is 8.68. The Morgan fingerprint density at radius 1 is 1.20 bits per heavy atom. The minimum absolute atomic E-state index is 0.0890. The summed E-state index contributed by atoms with van der Waals surface area (Å²) in [5.74, 6) is -0.0890. The Hall–Kier alpha value is -0.530. The zero-order chi connectivity index (χ0) is 11.3. The van der Waals surface area contributed by atoms with Crippen LogP contribution >= 0.6 is 23.2 Å². The molecule has 1 aromatic carbocycles. The quantitative estimate of drug-likeness (QED) is 0.691. The number of aryl methyl sites for hydroxylation is 1. The Morgan fingerprint density at radius 3 is 2.13 bits per heavy atom. The van der Waals surface area contributed by atoms with Crippen LogP contribution in [0.3, 0.4) is 0 Å². The Bertz CT molecular complexity index is 408. The second-order valence-electron chi connectivity index (χ2n) is 4.37. The monoisotopic (exact) mass is 242 g/mol. The van der Waals surface area contributed by atoms with Crippen molar-refractivity contribution in [2.24, 2.45) is 0 Å². The van der Waals surface area contributed by atoms with Crippen LogP contribution in [-0.4, -0.2) is 10.1 Å². The second kappa shape index (κ2) is 3.23. The molecule has 1 atom stereocenters. The number of carbonyl (C=O) groups is 1. The average molecular weight is 243 g/mol. The first-order valence-corrected chi connectivity index (χ1v) is 5.62. The molecule has 2 rings (SSSR count). The molecule has 0 N–H and O–H groups in total.